The van der Waals surface area contributed by atoms with Gasteiger partial charge in [-0.2, -0.15) is 0 Å². The quantitative estimate of drug-likeness (QED) is 0.100. The Morgan fingerprint density at radius 3 is 1.69 bits per heavy atom. The fraction of sp³-hybridized carbons (Fsp3) is 0.0189. The summed E-state index contributed by atoms with van der Waals surface area (Å²) in [5.41, 5.74) is 11.1. The van der Waals surface area contributed by atoms with E-state index in [1.807, 2.05) is 55.7 Å². The summed E-state index contributed by atoms with van der Waals surface area (Å²) < 4.78 is 2.37. The average molecular weight is 738 g/mol. The number of fused-ring (bicyclic) bond motifs is 3. The Labute approximate surface area is 348 Å². The van der Waals surface area contributed by atoms with Crippen molar-refractivity contribution >= 4 is 66.0 Å². The zero-order chi connectivity index (χ0) is 38.3. The Kier molecular flexibility index (Phi) is 9.81. The van der Waals surface area contributed by atoms with Gasteiger partial charge in [0, 0.05) is 40.6 Å². The van der Waals surface area contributed by atoms with E-state index in [2.05, 4.69) is 142 Å². The fourth-order valence-corrected chi connectivity index (χ4v) is 8.18. The summed E-state index contributed by atoms with van der Waals surface area (Å²) in [6.07, 6.45) is 5.39. The number of para-hydroxylation sites is 3. The van der Waals surface area contributed by atoms with E-state index in [0.29, 0.717) is 5.56 Å². The molecule has 0 atom stereocenters. The first-order valence-electron chi connectivity index (χ1n) is 19.2. The van der Waals surface area contributed by atoms with Crippen LogP contribution >= 0.6 is 0 Å². The second-order valence-electron chi connectivity index (χ2n) is 14.4. The number of aryl methyl sites for hydroxylation is 1. The summed E-state index contributed by atoms with van der Waals surface area (Å²) in [4.78, 5) is 8.63. The maximum atomic E-state index is 11.4. The summed E-state index contributed by atoms with van der Waals surface area (Å²) in [6, 6.07) is 63.4. The van der Waals surface area contributed by atoms with Crippen LogP contribution in [0.1, 0.15) is 11.1 Å². The molecule has 0 aliphatic rings. The van der Waals surface area contributed by atoms with Crippen LogP contribution in [0.4, 0.5) is 5.69 Å². The molecule has 0 saturated heterocycles. The molecule has 4 nitrogen and oxygen atoms in total. The predicted molar refractivity (Wildman–Crippen MR) is 237 cm³/mol. The van der Waals surface area contributed by atoms with E-state index in [1.165, 1.54) is 88.1 Å². The van der Waals surface area contributed by atoms with Crippen LogP contribution in [0.15, 0.2) is 199 Å². The van der Waals surface area contributed by atoms with Crippen LogP contribution < -0.4 is 24.0 Å². The maximum Gasteiger partial charge on any atom is 1.00 e. The molecule has 11 rings (SSSR count). The van der Waals surface area contributed by atoms with Gasteiger partial charge in [0.2, 0.25) is 0 Å². The second-order valence-corrected chi connectivity index (χ2v) is 14.4. The standard InChI is InChI=1S/C39H24N2.C14H13NO.Li/c1-3-9-36-32(7-1)33-8-2-4-10-37(33)41(36)29-17-11-25(12-18-29)30-19-13-26-16-22-35-31(28-6-5-23-40-24-28)20-14-27-15-21-34(30)38(26)39(27)35;1-11-6-8-13(9-7-11)15-10-12-4-2-3-5-14(12)16;/h1-24H;2-10,16H,1H3;/q;;+1/p-1. The van der Waals surface area contributed by atoms with E-state index in [1.54, 1.807) is 18.3 Å². The third-order valence-electron chi connectivity index (χ3n) is 11.0. The van der Waals surface area contributed by atoms with Gasteiger partial charge in [-0.3, -0.25) is 9.98 Å². The van der Waals surface area contributed by atoms with Crippen molar-refractivity contribution in [3.05, 3.63) is 206 Å². The van der Waals surface area contributed by atoms with Gasteiger partial charge in [-0.25, -0.2) is 0 Å². The van der Waals surface area contributed by atoms with Crippen LogP contribution in [0.2, 0.25) is 0 Å². The van der Waals surface area contributed by atoms with Crippen LogP contribution in [0, 0.1) is 6.92 Å². The van der Waals surface area contributed by atoms with E-state index < -0.39 is 0 Å². The summed E-state index contributed by atoms with van der Waals surface area (Å²) in [5, 5.41) is 21.7. The van der Waals surface area contributed by atoms with E-state index in [9.17, 15) is 5.11 Å². The monoisotopic (exact) mass is 737 g/mol. The Morgan fingerprint density at radius 2 is 1.09 bits per heavy atom. The summed E-state index contributed by atoms with van der Waals surface area (Å²) >= 11 is 0. The van der Waals surface area contributed by atoms with Crippen molar-refractivity contribution in [2.75, 3.05) is 0 Å². The Morgan fingerprint density at radius 1 is 0.517 bits per heavy atom. The largest absolute Gasteiger partial charge is 1.00 e. The molecule has 0 spiro atoms. The minimum Gasteiger partial charge on any atom is -0.872 e. The number of pyridine rings is 1. The normalized spacial score (nSPS) is 11.4. The zero-order valence-electron chi connectivity index (χ0n) is 32.3. The maximum absolute atomic E-state index is 11.4. The molecule has 0 bridgehead atoms. The molecule has 5 heteroatoms. The first-order valence-corrected chi connectivity index (χ1v) is 19.2. The second kappa shape index (κ2) is 15.5. The van der Waals surface area contributed by atoms with Gasteiger partial charge in [0.05, 0.1) is 16.7 Å². The van der Waals surface area contributed by atoms with E-state index >= 15 is 0 Å². The third kappa shape index (κ3) is 6.59. The first-order chi connectivity index (χ1) is 28.1. The van der Waals surface area contributed by atoms with E-state index in [4.69, 9.17) is 0 Å². The van der Waals surface area contributed by atoms with Crippen LogP contribution in [0.5, 0.6) is 5.75 Å². The molecule has 58 heavy (non-hydrogen) atoms. The molecule has 0 amide bonds. The van der Waals surface area contributed by atoms with Crippen molar-refractivity contribution in [1.29, 1.82) is 0 Å². The van der Waals surface area contributed by atoms with Crippen molar-refractivity contribution in [2.24, 2.45) is 4.99 Å². The van der Waals surface area contributed by atoms with Crippen LogP contribution in [-0.4, -0.2) is 15.8 Å². The summed E-state index contributed by atoms with van der Waals surface area (Å²) in [7, 11) is 0. The molecule has 9 aromatic carbocycles. The zero-order valence-corrected chi connectivity index (χ0v) is 32.3. The van der Waals surface area contributed by atoms with E-state index in [0.717, 1.165) is 11.3 Å². The summed E-state index contributed by atoms with van der Waals surface area (Å²) in [5.74, 6) is -0.00152. The van der Waals surface area contributed by atoms with Gasteiger partial charge in [-0.15, -0.1) is 5.75 Å². The molecule has 0 N–H and O–H groups in total. The van der Waals surface area contributed by atoms with Crippen LogP contribution in [0.3, 0.4) is 0 Å². The molecule has 0 saturated carbocycles. The molecule has 11 aromatic rings. The van der Waals surface area contributed by atoms with Crippen molar-refractivity contribution in [2.45, 2.75) is 6.92 Å². The molecule has 2 heterocycles. The molecular weight excluding hydrogens is 702 g/mol. The number of aliphatic imine (C=N–C) groups is 1. The average Bonchev–Trinajstić information content (AvgIpc) is 3.61. The molecule has 0 unspecified atom stereocenters. The van der Waals surface area contributed by atoms with Gasteiger partial charge in [0.25, 0.3) is 0 Å². The van der Waals surface area contributed by atoms with Crippen LogP contribution in [0.25, 0.3) is 82.1 Å². The van der Waals surface area contributed by atoms with Gasteiger partial charge < -0.3 is 9.67 Å². The van der Waals surface area contributed by atoms with Gasteiger partial charge in [0.15, 0.2) is 0 Å². The number of hydrogen-bond acceptors (Lipinski definition) is 3. The number of benzene rings is 9. The number of rotatable bonds is 5. The Hall–Kier alpha value is -6.96. The van der Waals surface area contributed by atoms with Gasteiger partial charge in [0.1, 0.15) is 0 Å². The molecular formula is C53H36LiN3O. The smallest absolute Gasteiger partial charge is 0.872 e. The minimum absolute atomic E-state index is 0. The van der Waals surface area contributed by atoms with Crippen molar-refractivity contribution in [1.82, 2.24) is 9.55 Å². The molecule has 0 aliphatic carbocycles. The third-order valence-corrected chi connectivity index (χ3v) is 11.0. The van der Waals surface area contributed by atoms with Crippen molar-refractivity contribution < 1.29 is 24.0 Å². The number of aromatic nitrogens is 2. The number of nitrogens with zero attached hydrogens (tertiary/aromatic N) is 3. The number of hydrogen-bond donors (Lipinski definition) is 0. The SMILES string of the molecule is Cc1ccc(N=Cc2ccccc2[O-])cc1.[Li+].c1cncc(-c2ccc3ccc4c(-c5ccc(-n6c7ccccc7c7ccccc76)cc5)ccc5ccc2c3c54)c1. The topological polar surface area (TPSA) is 53.2 Å². The van der Waals surface area contributed by atoms with Crippen molar-refractivity contribution in [3.8, 4) is 33.7 Å². The summed E-state index contributed by atoms with van der Waals surface area (Å²) in [6.45, 7) is 2.03. The Bertz CT molecular complexity index is 3190. The minimum atomic E-state index is -0.00152. The predicted octanol–water partition coefficient (Wildman–Crippen LogP) is 10.2. The Balaban J connectivity index is 0.000000217. The molecule has 0 aliphatic heterocycles. The first kappa shape index (κ1) is 36.7. The van der Waals surface area contributed by atoms with Crippen molar-refractivity contribution in [3.63, 3.8) is 0 Å². The fourth-order valence-electron chi connectivity index (χ4n) is 8.18. The van der Waals surface area contributed by atoms with Gasteiger partial charge in [-0.1, -0.05) is 145 Å². The molecule has 270 valence electrons. The van der Waals surface area contributed by atoms with E-state index in [-0.39, 0.29) is 24.6 Å². The van der Waals surface area contributed by atoms with Gasteiger partial charge >= 0.3 is 18.9 Å². The molecule has 2 aromatic heterocycles. The van der Waals surface area contributed by atoms with Gasteiger partial charge in [-0.05, 0) is 104 Å². The molecule has 0 fully saturated rings. The van der Waals surface area contributed by atoms with Crippen LogP contribution in [-0.2, 0) is 0 Å². The molecule has 0 radical (unpaired) electrons.